The lowest BCUT2D eigenvalue weighted by molar-refractivity contribution is -0.120. The Balaban J connectivity index is 1.45. The molecule has 0 saturated heterocycles. The lowest BCUT2D eigenvalue weighted by Gasteiger charge is -2.25. The van der Waals surface area contributed by atoms with Crippen molar-refractivity contribution in [1.29, 1.82) is 0 Å². The van der Waals surface area contributed by atoms with Crippen molar-refractivity contribution in [2.45, 2.75) is 12.5 Å². The summed E-state index contributed by atoms with van der Waals surface area (Å²) in [4.78, 5) is 49.7. The molecule has 3 aromatic carbocycles. The fourth-order valence-electron chi connectivity index (χ4n) is 4.32. The Morgan fingerprint density at radius 2 is 1.59 bits per heavy atom. The minimum absolute atomic E-state index is 0.0107. The molecule has 0 spiro atoms. The largest absolute Gasteiger partial charge is 0.324 e. The fourth-order valence-corrected chi connectivity index (χ4v) is 5.30. The summed E-state index contributed by atoms with van der Waals surface area (Å²) >= 11 is 12.1. The lowest BCUT2D eigenvalue weighted by Crippen LogP contribution is -2.48. The van der Waals surface area contributed by atoms with Gasteiger partial charge in [-0.15, -0.1) is 0 Å². The third-order valence-electron chi connectivity index (χ3n) is 6.21. The summed E-state index contributed by atoms with van der Waals surface area (Å²) in [5.41, 5.74) is 3.03. The normalized spacial score (nSPS) is 14.0. The van der Waals surface area contributed by atoms with Crippen LogP contribution >= 0.6 is 23.2 Å². The first-order valence-electron chi connectivity index (χ1n) is 11.7. The fraction of sp³-hybridized carbons (Fsp3) is 0.148. The van der Waals surface area contributed by atoms with E-state index < -0.39 is 39.4 Å². The predicted molar refractivity (Wildman–Crippen MR) is 149 cm³/mol. The molecule has 0 bridgehead atoms. The van der Waals surface area contributed by atoms with Crippen LogP contribution in [-0.2, 0) is 14.6 Å². The molecule has 3 amide bonds. The highest BCUT2D eigenvalue weighted by Gasteiger charge is 2.43. The number of anilines is 1. The van der Waals surface area contributed by atoms with Crippen molar-refractivity contribution in [2.24, 2.45) is 0 Å². The van der Waals surface area contributed by atoms with Crippen molar-refractivity contribution in [1.82, 2.24) is 14.9 Å². The number of nitrogens with one attached hydrogen (secondary N) is 1. The van der Waals surface area contributed by atoms with Gasteiger partial charge in [0, 0.05) is 17.5 Å². The van der Waals surface area contributed by atoms with Crippen LogP contribution in [0.5, 0.6) is 0 Å². The van der Waals surface area contributed by atoms with Crippen LogP contribution in [-0.4, -0.2) is 59.1 Å². The molecule has 198 valence electrons. The van der Waals surface area contributed by atoms with E-state index in [0.717, 1.165) is 16.7 Å². The standard InChI is InChI=1S/C27H20Cl2N4O5S/c1-39(37,38)10-9-24(33-26(35)17-12-19(28)20(29)13-18(17)27(33)36)25(34)31-16-6-4-5-15(11-16)23-14-30-21-7-2-3-8-22(21)32-23/h2-8,11-14,24H,9-10H2,1H3,(H,31,34)/t24-/m0/s1. The quantitative estimate of drug-likeness (QED) is 0.314. The molecular formula is C27H20Cl2N4O5S. The summed E-state index contributed by atoms with van der Waals surface area (Å²) in [6.45, 7) is 0. The molecule has 4 aromatic rings. The Morgan fingerprint density at radius 3 is 2.23 bits per heavy atom. The summed E-state index contributed by atoms with van der Waals surface area (Å²) in [5, 5.41) is 2.86. The van der Waals surface area contributed by atoms with Gasteiger partial charge in [0.2, 0.25) is 5.91 Å². The van der Waals surface area contributed by atoms with Crippen LogP contribution in [0.3, 0.4) is 0 Å². The minimum atomic E-state index is -3.52. The summed E-state index contributed by atoms with van der Waals surface area (Å²) in [5.74, 6) is -2.68. The Labute approximate surface area is 233 Å². The zero-order valence-corrected chi connectivity index (χ0v) is 22.7. The molecule has 1 aromatic heterocycles. The number of hydrogen-bond donors (Lipinski definition) is 1. The number of rotatable bonds is 7. The summed E-state index contributed by atoms with van der Waals surface area (Å²) < 4.78 is 23.9. The van der Waals surface area contributed by atoms with Gasteiger partial charge in [-0.3, -0.25) is 24.3 Å². The average molecular weight is 583 g/mol. The van der Waals surface area contributed by atoms with E-state index in [1.807, 2.05) is 24.3 Å². The Hall–Kier alpha value is -3.86. The number of hydrogen-bond acceptors (Lipinski definition) is 7. The molecule has 0 aliphatic carbocycles. The molecule has 0 unspecified atom stereocenters. The van der Waals surface area contributed by atoms with Crippen LogP contribution in [0.1, 0.15) is 27.1 Å². The van der Waals surface area contributed by atoms with Gasteiger partial charge >= 0.3 is 0 Å². The Bertz CT molecular complexity index is 1740. The number of carbonyl (C=O) groups is 3. The van der Waals surface area contributed by atoms with Crippen LogP contribution in [0, 0.1) is 0 Å². The molecule has 1 aliphatic rings. The highest BCUT2D eigenvalue weighted by molar-refractivity contribution is 7.90. The molecule has 1 N–H and O–H groups in total. The van der Waals surface area contributed by atoms with Gasteiger partial charge in [-0.25, -0.2) is 13.4 Å². The number of para-hydroxylation sites is 2. The van der Waals surface area contributed by atoms with Crippen molar-refractivity contribution in [2.75, 3.05) is 17.3 Å². The number of halogens is 2. The van der Waals surface area contributed by atoms with E-state index in [0.29, 0.717) is 22.5 Å². The maximum absolute atomic E-state index is 13.5. The number of carbonyl (C=O) groups excluding carboxylic acids is 3. The van der Waals surface area contributed by atoms with Gasteiger partial charge in [-0.05, 0) is 42.8 Å². The van der Waals surface area contributed by atoms with E-state index in [-0.39, 0.29) is 27.6 Å². The van der Waals surface area contributed by atoms with E-state index in [2.05, 4.69) is 15.3 Å². The van der Waals surface area contributed by atoms with E-state index in [1.54, 1.807) is 30.5 Å². The molecule has 39 heavy (non-hydrogen) atoms. The van der Waals surface area contributed by atoms with Gasteiger partial charge in [0.25, 0.3) is 11.8 Å². The van der Waals surface area contributed by atoms with Crippen molar-refractivity contribution in [3.8, 4) is 11.3 Å². The van der Waals surface area contributed by atoms with E-state index in [9.17, 15) is 22.8 Å². The lowest BCUT2D eigenvalue weighted by atomic mass is 10.1. The number of sulfone groups is 1. The van der Waals surface area contributed by atoms with Crippen molar-refractivity contribution < 1.29 is 22.8 Å². The van der Waals surface area contributed by atoms with Crippen molar-refractivity contribution >= 4 is 67.5 Å². The van der Waals surface area contributed by atoms with Crippen molar-refractivity contribution in [3.63, 3.8) is 0 Å². The number of imide groups is 1. The maximum atomic E-state index is 13.5. The molecule has 9 nitrogen and oxygen atoms in total. The summed E-state index contributed by atoms with van der Waals surface area (Å²) in [6, 6.07) is 15.3. The maximum Gasteiger partial charge on any atom is 0.262 e. The average Bonchev–Trinajstić information content (AvgIpc) is 3.12. The molecule has 0 radical (unpaired) electrons. The molecule has 12 heteroatoms. The molecule has 1 aliphatic heterocycles. The first-order valence-corrected chi connectivity index (χ1v) is 14.5. The molecule has 0 saturated carbocycles. The summed E-state index contributed by atoms with van der Waals surface area (Å²) in [7, 11) is -3.52. The minimum Gasteiger partial charge on any atom is -0.324 e. The highest BCUT2D eigenvalue weighted by Crippen LogP contribution is 2.33. The van der Waals surface area contributed by atoms with Gasteiger partial charge in [-0.2, -0.15) is 0 Å². The van der Waals surface area contributed by atoms with Crippen LogP contribution in [0.2, 0.25) is 10.0 Å². The second-order valence-electron chi connectivity index (χ2n) is 9.04. The molecule has 1 atom stereocenters. The van der Waals surface area contributed by atoms with Crippen LogP contribution < -0.4 is 5.32 Å². The first-order chi connectivity index (χ1) is 18.5. The van der Waals surface area contributed by atoms with Crippen LogP contribution in [0.4, 0.5) is 5.69 Å². The van der Waals surface area contributed by atoms with Gasteiger partial charge in [0.15, 0.2) is 0 Å². The third kappa shape index (κ3) is 5.49. The first kappa shape index (κ1) is 26.7. The Morgan fingerprint density at radius 1 is 0.949 bits per heavy atom. The van der Waals surface area contributed by atoms with E-state index in [4.69, 9.17) is 23.2 Å². The summed E-state index contributed by atoms with van der Waals surface area (Å²) in [6.07, 6.45) is 2.33. The molecular weight excluding hydrogens is 563 g/mol. The van der Waals surface area contributed by atoms with Crippen LogP contribution in [0.15, 0.2) is 66.9 Å². The second kappa shape index (κ2) is 10.4. The van der Waals surface area contributed by atoms with Gasteiger partial charge in [0.05, 0.1) is 49.8 Å². The SMILES string of the molecule is CS(=O)(=O)CC[C@@H](C(=O)Nc1cccc(-c2cnc3ccccc3n2)c1)N1C(=O)c2cc(Cl)c(Cl)cc2C1=O. The molecule has 2 heterocycles. The zero-order chi connectivity index (χ0) is 27.9. The predicted octanol–water partition coefficient (Wildman–Crippen LogP) is 4.64. The van der Waals surface area contributed by atoms with E-state index in [1.165, 1.54) is 12.1 Å². The highest BCUT2D eigenvalue weighted by atomic mass is 35.5. The van der Waals surface area contributed by atoms with Gasteiger partial charge in [-0.1, -0.05) is 47.5 Å². The number of amides is 3. The monoisotopic (exact) mass is 582 g/mol. The van der Waals surface area contributed by atoms with Crippen molar-refractivity contribution in [3.05, 3.63) is 88.0 Å². The number of fused-ring (bicyclic) bond motifs is 2. The zero-order valence-electron chi connectivity index (χ0n) is 20.4. The van der Waals surface area contributed by atoms with E-state index >= 15 is 0 Å². The molecule has 5 rings (SSSR count). The third-order valence-corrected chi connectivity index (χ3v) is 7.91. The molecule has 0 fully saturated rings. The number of benzene rings is 3. The number of nitrogens with zero attached hydrogens (tertiary/aromatic N) is 3. The van der Waals surface area contributed by atoms with Crippen LogP contribution in [0.25, 0.3) is 22.3 Å². The topological polar surface area (TPSA) is 126 Å². The Kier molecular flexibility index (Phi) is 7.11. The van der Waals surface area contributed by atoms with Gasteiger partial charge < -0.3 is 5.32 Å². The second-order valence-corrected chi connectivity index (χ2v) is 12.1. The number of aromatic nitrogens is 2. The smallest absolute Gasteiger partial charge is 0.262 e. The van der Waals surface area contributed by atoms with Gasteiger partial charge in [0.1, 0.15) is 15.9 Å².